The van der Waals surface area contributed by atoms with E-state index >= 15 is 0 Å². The third kappa shape index (κ3) is 1.24. The van der Waals surface area contributed by atoms with E-state index in [2.05, 4.69) is 15.0 Å². The van der Waals surface area contributed by atoms with E-state index in [1.54, 1.807) is 6.92 Å². The lowest BCUT2D eigenvalue weighted by Gasteiger charge is -2.22. The molecule has 72 valence electrons. The summed E-state index contributed by atoms with van der Waals surface area (Å²) in [5, 5.41) is 7.43. The lowest BCUT2D eigenvalue weighted by atomic mass is 9.84. The van der Waals surface area contributed by atoms with Crippen LogP contribution in [0.2, 0.25) is 0 Å². The van der Waals surface area contributed by atoms with E-state index in [0.717, 1.165) is 0 Å². The zero-order valence-electron chi connectivity index (χ0n) is 7.90. The van der Waals surface area contributed by atoms with Crippen molar-refractivity contribution < 1.29 is 14.3 Å². The number of methoxy groups -OCH3 is 1. The number of hydrogen-bond donors (Lipinski definition) is 0. The number of rotatable bonds is 2. The molecule has 13 heavy (non-hydrogen) atoms. The van der Waals surface area contributed by atoms with Gasteiger partial charge in [-0.15, -0.1) is 0 Å². The van der Waals surface area contributed by atoms with Crippen molar-refractivity contribution in [2.24, 2.45) is 16.1 Å². The molecule has 0 aliphatic carbocycles. The smallest absolute Gasteiger partial charge is 0.343 e. The average Bonchev–Trinajstić information content (AvgIpc) is 2.47. The molecule has 1 rings (SSSR count). The maximum atomic E-state index is 11.4. The molecule has 1 aliphatic rings. The van der Waals surface area contributed by atoms with Crippen molar-refractivity contribution in [3.63, 3.8) is 0 Å². The van der Waals surface area contributed by atoms with E-state index in [9.17, 15) is 9.59 Å². The van der Waals surface area contributed by atoms with Gasteiger partial charge in [0.2, 0.25) is 5.54 Å². The summed E-state index contributed by atoms with van der Waals surface area (Å²) in [6, 6.07) is 0. The summed E-state index contributed by atoms with van der Waals surface area (Å²) in [6.07, 6.45) is 0. The second kappa shape index (κ2) is 3.24. The van der Waals surface area contributed by atoms with Gasteiger partial charge < -0.3 is 4.74 Å². The molecule has 0 aromatic rings. The van der Waals surface area contributed by atoms with Crippen LogP contribution in [0.3, 0.4) is 0 Å². The Labute approximate surface area is 76.2 Å². The summed E-state index contributed by atoms with van der Waals surface area (Å²) in [5.41, 5.74) is -1.38. The predicted molar refractivity (Wildman–Crippen MR) is 44.3 cm³/mol. The van der Waals surface area contributed by atoms with Gasteiger partial charge in [0.05, 0.1) is 13.7 Å². The molecule has 0 saturated carbocycles. The monoisotopic (exact) mass is 184 g/mol. The highest BCUT2D eigenvalue weighted by atomic mass is 16.5. The zero-order chi connectivity index (χ0) is 10.1. The number of ether oxygens (including phenoxy) is 1. The van der Waals surface area contributed by atoms with E-state index < -0.39 is 11.5 Å². The summed E-state index contributed by atoms with van der Waals surface area (Å²) < 4.78 is 4.56. The van der Waals surface area contributed by atoms with Crippen molar-refractivity contribution in [3.05, 3.63) is 0 Å². The van der Waals surface area contributed by atoms with Crippen LogP contribution < -0.4 is 0 Å². The first-order chi connectivity index (χ1) is 6.05. The first-order valence-corrected chi connectivity index (χ1v) is 4.03. The molecule has 1 heterocycles. The van der Waals surface area contributed by atoms with Crippen molar-refractivity contribution in [1.29, 1.82) is 0 Å². The highest BCUT2D eigenvalue weighted by molar-refractivity contribution is 6.08. The first kappa shape index (κ1) is 9.83. The highest BCUT2D eigenvalue weighted by Crippen LogP contribution is 2.31. The van der Waals surface area contributed by atoms with Crippen molar-refractivity contribution in [3.8, 4) is 0 Å². The van der Waals surface area contributed by atoms with E-state index in [-0.39, 0.29) is 11.7 Å². The van der Waals surface area contributed by atoms with Gasteiger partial charge in [-0.25, -0.2) is 4.79 Å². The predicted octanol–water partition coefficient (Wildman–Crippen LogP) is 0.589. The van der Waals surface area contributed by atoms with E-state index in [1.165, 1.54) is 14.0 Å². The van der Waals surface area contributed by atoms with Crippen LogP contribution in [0.1, 0.15) is 13.8 Å². The molecule has 0 N–H and O–H groups in total. The van der Waals surface area contributed by atoms with E-state index in [4.69, 9.17) is 0 Å². The third-order valence-electron chi connectivity index (χ3n) is 2.33. The summed E-state index contributed by atoms with van der Waals surface area (Å²) in [4.78, 5) is 22.7. The van der Waals surface area contributed by atoms with Gasteiger partial charge in [-0.3, -0.25) is 4.79 Å². The van der Waals surface area contributed by atoms with E-state index in [0.29, 0.717) is 6.54 Å². The minimum atomic E-state index is -1.38. The topological polar surface area (TPSA) is 68.1 Å². The molecule has 1 aliphatic heterocycles. The molecule has 5 heteroatoms. The Morgan fingerprint density at radius 1 is 1.54 bits per heavy atom. The highest BCUT2D eigenvalue weighted by Gasteiger charge is 2.52. The lowest BCUT2D eigenvalue weighted by molar-refractivity contribution is -0.152. The quantitative estimate of drug-likeness (QED) is 0.466. The Hall–Kier alpha value is -1.26. The third-order valence-corrected chi connectivity index (χ3v) is 2.33. The summed E-state index contributed by atoms with van der Waals surface area (Å²) >= 11 is 0. The molecular weight excluding hydrogens is 172 g/mol. The number of ketones is 1. The molecule has 0 radical (unpaired) electrons. The van der Waals surface area contributed by atoms with Crippen LogP contribution in [-0.4, -0.2) is 30.9 Å². The minimum absolute atomic E-state index is 0.211. The number of esters is 1. The Morgan fingerprint density at radius 2 is 2.15 bits per heavy atom. The molecule has 0 amide bonds. The standard InChI is InChI=1S/C8H12N2O3/c1-5-4-9-10-8(5,6(2)11)7(12)13-3/h5H,4H2,1-3H3/t5-,8-/m0/s1. The number of carbonyl (C=O) groups is 2. The number of Topliss-reactive ketones (excluding diaryl/α,β-unsaturated/α-hetero) is 1. The molecule has 0 unspecified atom stereocenters. The fraction of sp³-hybridized carbons (Fsp3) is 0.750. The fourth-order valence-corrected chi connectivity index (χ4v) is 1.46. The molecule has 0 bridgehead atoms. The number of azo groups is 1. The van der Waals surface area contributed by atoms with Gasteiger partial charge in [0.15, 0.2) is 5.78 Å². The maximum Gasteiger partial charge on any atom is 0.343 e. The average molecular weight is 184 g/mol. The van der Waals surface area contributed by atoms with Crippen LogP contribution in [0.25, 0.3) is 0 Å². The fourth-order valence-electron chi connectivity index (χ4n) is 1.46. The normalized spacial score (nSPS) is 31.8. The van der Waals surface area contributed by atoms with Gasteiger partial charge in [-0.05, 0) is 6.92 Å². The number of carbonyl (C=O) groups excluding carboxylic acids is 2. The van der Waals surface area contributed by atoms with Gasteiger partial charge in [0.25, 0.3) is 0 Å². The Bertz CT molecular complexity index is 275. The van der Waals surface area contributed by atoms with Gasteiger partial charge in [-0.2, -0.15) is 10.2 Å². The van der Waals surface area contributed by atoms with Crippen LogP contribution in [-0.2, 0) is 14.3 Å². The largest absolute Gasteiger partial charge is 0.467 e. The maximum absolute atomic E-state index is 11.4. The van der Waals surface area contributed by atoms with Crippen LogP contribution >= 0.6 is 0 Å². The van der Waals surface area contributed by atoms with Gasteiger partial charge in [-0.1, -0.05) is 6.92 Å². The summed E-state index contributed by atoms with van der Waals surface area (Å²) in [6.45, 7) is 3.49. The molecular formula is C8H12N2O3. The number of nitrogens with zero attached hydrogens (tertiary/aromatic N) is 2. The first-order valence-electron chi connectivity index (χ1n) is 4.03. The molecule has 0 saturated heterocycles. The lowest BCUT2D eigenvalue weighted by Crippen LogP contribution is -2.48. The summed E-state index contributed by atoms with van der Waals surface area (Å²) in [5.74, 6) is -1.14. The van der Waals surface area contributed by atoms with Gasteiger partial charge in [0.1, 0.15) is 0 Å². The molecule has 5 nitrogen and oxygen atoms in total. The molecule has 2 atom stereocenters. The second-order valence-electron chi connectivity index (χ2n) is 3.14. The minimum Gasteiger partial charge on any atom is -0.467 e. The Morgan fingerprint density at radius 3 is 2.46 bits per heavy atom. The molecule has 0 fully saturated rings. The summed E-state index contributed by atoms with van der Waals surface area (Å²) in [7, 11) is 1.24. The van der Waals surface area contributed by atoms with Crippen LogP contribution in [0.5, 0.6) is 0 Å². The van der Waals surface area contributed by atoms with Gasteiger partial charge >= 0.3 is 5.97 Å². The number of hydrogen-bond acceptors (Lipinski definition) is 5. The molecule has 0 aromatic heterocycles. The zero-order valence-corrected chi connectivity index (χ0v) is 7.90. The second-order valence-corrected chi connectivity index (χ2v) is 3.14. The molecule has 0 spiro atoms. The van der Waals surface area contributed by atoms with Crippen LogP contribution in [0, 0.1) is 5.92 Å². The van der Waals surface area contributed by atoms with Crippen molar-refractivity contribution in [2.45, 2.75) is 19.4 Å². The Balaban J connectivity index is 3.08. The van der Waals surface area contributed by atoms with Crippen molar-refractivity contribution >= 4 is 11.8 Å². The Kier molecular flexibility index (Phi) is 2.45. The van der Waals surface area contributed by atoms with Crippen LogP contribution in [0.15, 0.2) is 10.2 Å². The van der Waals surface area contributed by atoms with Crippen molar-refractivity contribution in [2.75, 3.05) is 13.7 Å². The van der Waals surface area contributed by atoms with Crippen LogP contribution in [0.4, 0.5) is 0 Å². The van der Waals surface area contributed by atoms with Crippen molar-refractivity contribution in [1.82, 2.24) is 0 Å². The van der Waals surface area contributed by atoms with Gasteiger partial charge in [0, 0.05) is 5.92 Å². The molecule has 0 aromatic carbocycles. The van der Waals surface area contributed by atoms with E-state index in [1.807, 2.05) is 0 Å². The SMILES string of the molecule is COC(=O)[C@]1(C(C)=O)N=NC[C@@H]1C.